The number of hydrogen-bond acceptors (Lipinski definition) is 2. The number of methoxy groups -OCH3 is 1. The van der Waals surface area contributed by atoms with Crippen LogP contribution in [0.5, 0.6) is 0 Å². The molecule has 0 aliphatic carbocycles. The van der Waals surface area contributed by atoms with Crippen molar-refractivity contribution in [1.82, 2.24) is 5.32 Å². The summed E-state index contributed by atoms with van der Waals surface area (Å²) >= 11 is 0. The molecule has 0 fully saturated rings. The van der Waals surface area contributed by atoms with Crippen LogP contribution in [0.15, 0.2) is 30.3 Å². The summed E-state index contributed by atoms with van der Waals surface area (Å²) in [6.07, 6.45) is 3.33. The van der Waals surface area contributed by atoms with Gasteiger partial charge in [-0.2, -0.15) is 0 Å². The Labute approximate surface area is 118 Å². The quantitative estimate of drug-likeness (QED) is 0.770. The predicted molar refractivity (Wildman–Crippen MR) is 82.5 cm³/mol. The summed E-state index contributed by atoms with van der Waals surface area (Å²) in [6.45, 7) is 8.78. The Kier molecular flexibility index (Phi) is 6.53. The summed E-state index contributed by atoms with van der Waals surface area (Å²) < 4.78 is 5.48. The molecule has 1 N–H and O–H groups in total. The molecule has 1 rings (SSSR count). The lowest BCUT2D eigenvalue weighted by atomic mass is 9.98. The zero-order valence-electron chi connectivity index (χ0n) is 13.1. The fourth-order valence-corrected chi connectivity index (χ4v) is 2.48. The molecular formula is C17H29NO. The number of nitrogens with one attached hydrogen (secondary N) is 1. The molecule has 2 unspecified atom stereocenters. The third kappa shape index (κ3) is 6.74. The highest BCUT2D eigenvalue weighted by Gasteiger charge is 2.20. The summed E-state index contributed by atoms with van der Waals surface area (Å²) in [5.41, 5.74) is 1.37. The molecule has 0 spiro atoms. The SMILES string of the molecule is COC(C)(C)CC(C)NC(C)CCc1ccccc1. The standard InChI is InChI=1S/C17H29NO/c1-14(11-12-16-9-7-6-8-10-16)18-15(2)13-17(3,4)19-5/h6-10,14-15,18H,11-13H2,1-5H3. The summed E-state index contributed by atoms with van der Waals surface area (Å²) in [5.74, 6) is 0. The van der Waals surface area contributed by atoms with Gasteiger partial charge in [0.2, 0.25) is 0 Å². The molecule has 0 heterocycles. The van der Waals surface area contributed by atoms with Gasteiger partial charge in [-0.05, 0) is 52.5 Å². The van der Waals surface area contributed by atoms with Crippen LogP contribution in [0, 0.1) is 0 Å². The van der Waals surface area contributed by atoms with Crippen molar-refractivity contribution in [3.05, 3.63) is 35.9 Å². The molecule has 19 heavy (non-hydrogen) atoms. The second kappa shape index (κ2) is 7.66. The lowest BCUT2D eigenvalue weighted by Crippen LogP contribution is -2.40. The molecule has 0 saturated carbocycles. The van der Waals surface area contributed by atoms with Gasteiger partial charge in [-0.1, -0.05) is 30.3 Å². The molecule has 2 heteroatoms. The average molecular weight is 263 g/mol. The molecular weight excluding hydrogens is 234 g/mol. The Hall–Kier alpha value is -0.860. The van der Waals surface area contributed by atoms with E-state index < -0.39 is 0 Å². The van der Waals surface area contributed by atoms with Gasteiger partial charge in [0.05, 0.1) is 5.60 Å². The highest BCUT2D eigenvalue weighted by atomic mass is 16.5. The smallest absolute Gasteiger partial charge is 0.0637 e. The van der Waals surface area contributed by atoms with Gasteiger partial charge < -0.3 is 10.1 Å². The molecule has 0 aliphatic rings. The van der Waals surface area contributed by atoms with Crippen LogP contribution in [0.25, 0.3) is 0 Å². The van der Waals surface area contributed by atoms with Crippen LogP contribution in [-0.4, -0.2) is 24.8 Å². The van der Waals surface area contributed by atoms with E-state index in [-0.39, 0.29) is 5.60 Å². The maximum atomic E-state index is 5.48. The maximum absolute atomic E-state index is 5.48. The molecule has 0 aromatic heterocycles. The number of ether oxygens (including phenoxy) is 1. The Morgan fingerprint density at radius 3 is 2.32 bits per heavy atom. The zero-order chi connectivity index (χ0) is 14.3. The molecule has 0 radical (unpaired) electrons. The Morgan fingerprint density at radius 1 is 1.11 bits per heavy atom. The summed E-state index contributed by atoms with van der Waals surface area (Å²) in [6, 6.07) is 11.7. The van der Waals surface area contributed by atoms with E-state index in [1.54, 1.807) is 7.11 Å². The molecule has 0 amide bonds. The molecule has 0 aliphatic heterocycles. The first kappa shape index (κ1) is 16.2. The number of hydrogen-bond donors (Lipinski definition) is 1. The van der Waals surface area contributed by atoms with Gasteiger partial charge in [-0.15, -0.1) is 0 Å². The van der Waals surface area contributed by atoms with Crippen LogP contribution in [0.2, 0.25) is 0 Å². The second-order valence-corrected chi connectivity index (χ2v) is 6.16. The molecule has 2 atom stereocenters. The highest BCUT2D eigenvalue weighted by molar-refractivity contribution is 5.14. The van der Waals surface area contributed by atoms with E-state index in [1.165, 1.54) is 12.0 Å². The van der Waals surface area contributed by atoms with Gasteiger partial charge in [-0.25, -0.2) is 0 Å². The fraction of sp³-hybridized carbons (Fsp3) is 0.647. The van der Waals surface area contributed by atoms with Crippen molar-refractivity contribution in [1.29, 1.82) is 0 Å². The molecule has 0 saturated heterocycles. The van der Waals surface area contributed by atoms with Crippen molar-refractivity contribution in [3.63, 3.8) is 0 Å². The van der Waals surface area contributed by atoms with E-state index >= 15 is 0 Å². The van der Waals surface area contributed by atoms with Crippen LogP contribution < -0.4 is 5.32 Å². The highest BCUT2D eigenvalue weighted by Crippen LogP contribution is 2.16. The minimum absolute atomic E-state index is 0.0500. The third-order valence-electron chi connectivity index (χ3n) is 3.63. The normalized spacial score (nSPS) is 15.2. The van der Waals surface area contributed by atoms with Crippen LogP contribution >= 0.6 is 0 Å². The van der Waals surface area contributed by atoms with Crippen molar-refractivity contribution in [2.75, 3.05) is 7.11 Å². The lowest BCUT2D eigenvalue weighted by molar-refractivity contribution is 0.00778. The first-order valence-electron chi connectivity index (χ1n) is 7.28. The lowest BCUT2D eigenvalue weighted by Gasteiger charge is -2.29. The van der Waals surface area contributed by atoms with Crippen LogP contribution in [0.1, 0.15) is 46.1 Å². The first-order valence-corrected chi connectivity index (χ1v) is 7.28. The largest absolute Gasteiger partial charge is 0.379 e. The van der Waals surface area contributed by atoms with Crippen LogP contribution in [0.3, 0.4) is 0 Å². The van der Waals surface area contributed by atoms with E-state index in [1.807, 2.05) is 0 Å². The van der Waals surface area contributed by atoms with E-state index in [9.17, 15) is 0 Å². The van der Waals surface area contributed by atoms with Gasteiger partial charge in [-0.3, -0.25) is 0 Å². The van der Waals surface area contributed by atoms with Gasteiger partial charge in [0.1, 0.15) is 0 Å². The topological polar surface area (TPSA) is 21.3 Å². The van der Waals surface area contributed by atoms with Crippen molar-refractivity contribution in [2.24, 2.45) is 0 Å². The van der Waals surface area contributed by atoms with Gasteiger partial charge >= 0.3 is 0 Å². The summed E-state index contributed by atoms with van der Waals surface area (Å²) in [7, 11) is 1.78. The van der Waals surface area contributed by atoms with E-state index in [0.717, 1.165) is 12.8 Å². The fourth-order valence-electron chi connectivity index (χ4n) is 2.48. The molecule has 1 aromatic carbocycles. The molecule has 1 aromatic rings. The van der Waals surface area contributed by atoms with E-state index in [4.69, 9.17) is 4.74 Å². The van der Waals surface area contributed by atoms with E-state index in [2.05, 4.69) is 63.3 Å². The van der Waals surface area contributed by atoms with Crippen molar-refractivity contribution < 1.29 is 4.74 Å². The van der Waals surface area contributed by atoms with Crippen molar-refractivity contribution >= 4 is 0 Å². The van der Waals surface area contributed by atoms with Crippen molar-refractivity contribution in [3.8, 4) is 0 Å². The molecule has 0 bridgehead atoms. The maximum Gasteiger partial charge on any atom is 0.0637 e. The second-order valence-electron chi connectivity index (χ2n) is 6.16. The van der Waals surface area contributed by atoms with Gasteiger partial charge in [0.25, 0.3) is 0 Å². The minimum Gasteiger partial charge on any atom is -0.379 e. The number of aryl methyl sites for hydroxylation is 1. The number of rotatable bonds is 8. The van der Waals surface area contributed by atoms with E-state index in [0.29, 0.717) is 12.1 Å². The summed E-state index contributed by atoms with van der Waals surface area (Å²) in [5, 5.41) is 3.66. The van der Waals surface area contributed by atoms with Gasteiger partial charge in [0.15, 0.2) is 0 Å². The third-order valence-corrected chi connectivity index (χ3v) is 3.63. The average Bonchev–Trinajstić information content (AvgIpc) is 2.37. The van der Waals surface area contributed by atoms with Crippen LogP contribution in [0.4, 0.5) is 0 Å². The molecule has 2 nitrogen and oxygen atoms in total. The predicted octanol–water partition coefficient (Wildman–Crippen LogP) is 3.80. The Bertz CT molecular complexity index is 348. The van der Waals surface area contributed by atoms with Crippen LogP contribution in [-0.2, 0) is 11.2 Å². The van der Waals surface area contributed by atoms with Crippen molar-refractivity contribution in [2.45, 2.75) is 64.6 Å². The monoisotopic (exact) mass is 263 g/mol. The minimum atomic E-state index is -0.0500. The Morgan fingerprint density at radius 2 is 1.74 bits per heavy atom. The number of benzene rings is 1. The van der Waals surface area contributed by atoms with Gasteiger partial charge in [0, 0.05) is 19.2 Å². The summed E-state index contributed by atoms with van der Waals surface area (Å²) in [4.78, 5) is 0. The zero-order valence-corrected chi connectivity index (χ0v) is 13.1. The Balaban J connectivity index is 2.29. The first-order chi connectivity index (χ1) is 8.93. The molecule has 108 valence electrons.